The van der Waals surface area contributed by atoms with Crippen LogP contribution in [0.25, 0.3) is 11.3 Å². The highest BCUT2D eigenvalue weighted by molar-refractivity contribution is 5.85. The molecule has 2 rings (SSSR count). The van der Waals surface area contributed by atoms with Crippen LogP contribution in [-0.4, -0.2) is 23.0 Å². The van der Waals surface area contributed by atoms with E-state index >= 15 is 0 Å². The molecule has 1 amide bonds. The van der Waals surface area contributed by atoms with Gasteiger partial charge in [-0.2, -0.15) is 0 Å². The van der Waals surface area contributed by atoms with Gasteiger partial charge in [-0.15, -0.1) is 24.8 Å². The second-order valence-electron chi connectivity index (χ2n) is 5.98. The van der Waals surface area contributed by atoms with Crippen LogP contribution in [-0.2, 0) is 11.2 Å². The molecule has 0 saturated carbocycles. The standard InChI is InChI=1S/C18H23F2N3O2.2ClH/c1-3-18(4-2,11-21)23-16(24)7-8-17-22-10-15(25-17)13-6-5-12(19)9-14(13)20;;/h5-6,9-10H,3-4,7-8,11,21H2,1-2H3,(H,23,24);2*1H. The van der Waals surface area contributed by atoms with Crippen molar-refractivity contribution in [2.75, 3.05) is 6.54 Å². The number of nitrogens with two attached hydrogens (primary N) is 1. The van der Waals surface area contributed by atoms with Crippen LogP contribution in [0.4, 0.5) is 8.78 Å². The summed E-state index contributed by atoms with van der Waals surface area (Å²) < 4.78 is 32.2. The number of hydrogen-bond acceptors (Lipinski definition) is 4. The number of oxazole rings is 1. The number of benzene rings is 1. The SMILES string of the molecule is CCC(CC)(CN)NC(=O)CCc1ncc(-c2ccc(F)cc2F)o1.Cl.Cl. The molecule has 0 aliphatic heterocycles. The van der Waals surface area contributed by atoms with Crippen molar-refractivity contribution in [1.29, 1.82) is 0 Å². The average molecular weight is 424 g/mol. The minimum absolute atomic E-state index is 0. The molecular formula is C18H25Cl2F2N3O2. The maximum atomic E-state index is 13.8. The summed E-state index contributed by atoms with van der Waals surface area (Å²) in [7, 11) is 0. The zero-order valence-electron chi connectivity index (χ0n) is 15.3. The molecule has 0 saturated heterocycles. The lowest BCUT2D eigenvalue weighted by atomic mass is 9.92. The molecule has 1 heterocycles. The van der Waals surface area contributed by atoms with Gasteiger partial charge in [-0.3, -0.25) is 4.79 Å². The number of hydrogen-bond donors (Lipinski definition) is 2. The Labute approximate surface area is 169 Å². The summed E-state index contributed by atoms with van der Waals surface area (Å²) in [5.74, 6) is -1.000. The normalized spacial score (nSPS) is 10.7. The van der Waals surface area contributed by atoms with Crippen LogP contribution in [0.3, 0.4) is 0 Å². The molecule has 27 heavy (non-hydrogen) atoms. The Hall–Kier alpha value is -1.70. The number of carbonyl (C=O) groups excluding carboxylic acids is 1. The molecule has 3 N–H and O–H groups in total. The number of aromatic nitrogens is 1. The largest absolute Gasteiger partial charge is 0.441 e. The Morgan fingerprint density at radius 3 is 2.48 bits per heavy atom. The van der Waals surface area contributed by atoms with E-state index in [0.29, 0.717) is 12.4 Å². The fourth-order valence-electron chi connectivity index (χ4n) is 2.58. The molecular weight excluding hydrogens is 399 g/mol. The number of nitrogens with zero attached hydrogens (tertiary/aromatic N) is 1. The predicted octanol–water partition coefficient (Wildman–Crippen LogP) is 4.03. The van der Waals surface area contributed by atoms with Crippen molar-refractivity contribution in [2.24, 2.45) is 5.73 Å². The molecule has 0 atom stereocenters. The second kappa shape index (κ2) is 11.2. The Morgan fingerprint density at radius 1 is 1.26 bits per heavy atom. The molecule has 0 spiro atoms. The minimum Gasteiger partial charge on any atom is -0.441 e. The topological polar surface area (TPSA) is 81.1 Å². The third-order valence-corrected chi connectivity index (χ3v) is 4.46. The third-order valence-electron chi connectivity index (χ3n) is 4.46. The van der Waals surface area contributed by atoms with Crippen LogP contribution in [0.15, 0.2) is 28.8 Å². The molecule has 5 nitrogen and oxygen atoms in total. The van der Waals surface area contributed by atoms with Crippen molar-refractivity contribution in [3.05, 3.63) is 41.9 Å². The molecule has 1 aromatic carbocycles. The summed E-state index contributed by atoms with van der Waals surface area (Å²) in [6.07, 6.45) is 3.33. The van der Waals surface area contributed by atoms with E-state index in [2.05, 4.69) is 10.3 Å². The molecule has 0 bridgehead atoms. The highest BCUT2D eigenvalue weighted by Crippen LogP contribution is 2.24. The first kappa shape index (κ1) is 25.3. The maximum absolute atomic E-state index is 13.8. The van der Waals surface area contributed by atoms with Gasteiger partial charge in [-0.05, 0) is 25.0 Å². The van der Waals surface area contributed by atoms with Crippen molar-refractivity contribution < 1.29 is 18.0 Å². The monoisotopic (exact) mass is 423 g/mol. The number of aryl methyl sites for hydroxylation is 1. The maximum Gasteiger partial charge on any atom is 0.220 e. The van der Waals surface area contributed by atoms with Crippen molar-refractivity contribution in [1.82, 2.24) is 10.3 Å². The zero-order valence-corrected chi connectivity index (χ0v) is 16.9. The van der Waals surface area contributed by atoms with Gasteiger partial charge in [-0.1, -0.05) is 13.8 Å². The van der Waals surface area contributed by atoms with Crippen molar-refractivity contribution in [2.45, 2.75) is 45.1 Å². The van der Waals surface area contributed by atoms with Crippen molar-refractivity contribution in [3.8, 4) is 11.3 Å². The molecule has 0 aliphatic rings. The quantitative estimate of drug-likeness (QED) is 0.671. The Bertz CT molecular complexity index is 729. The molecule has 1 aromatic heterocycles. The Balaban J connectivity index is 0.00000338. The number of carbonyl (C=O) groups is 1. The predicted molar refractivity (Wildman–Crippen MR) is 105 cm³/mol. The highest BCUT2D eigenvalue weighted by atomic mass is 35.5. The van der Waals surface area contributed by atoms with Crippen LogP contribution in [0.2, 0.25) is 0 Å². The summed E-state index contributed by atoms with van der Waals surface area (Å²) in [4.78, 5) is 16.2. The molecule has 2 aromatic rings. The lowest BCUT2D eigenvalue weighted by Gasteiger charge is -2.31. The average Bonchev–Trinajstić information content (AvgIpc) is 3.07. The number of rotatable bonds is 8. The molecule has 0 fully saturated rings. The van der Waals surface area contributed by atoms with Gasteiger partial charge in [0.25, 0.3) is 0 Å². The summed E-state index contributed by atoms with van der Waals surface area (Å²) in [6, 6.07) is 3.22. The third kappa shape index (κ3) is 6.45. The minimum atomic E-state index is -0.723. The molecule has 0 radical (unpaired) electrons. The van der Waals surface area contributed by atoms with Crippen LogP contribution in [0, 0.1) is 11.6 Å². The van der Waals surface area contributed by atoms with Crippen LogP contribution in [0.5, 0.6) is 0 Å². The fraction of sp³-hybridized carbons (Fsp3) is 0.444. The van der Waals surface area contributed by atoms with Crippen LogP contribution in [0.1, 0.15) is 39.0 Å². The van der Waals surface area contributed by atoms with Gasteiger partial charge < -0.3 is 15.5 Å². The molecule has 152 valence electrons. The van der Waals surface area contributed by atoms with E-state index in [1.165, 1.54) is 12.3 Å². The zero-order chi connectivity index (χ0) is 18.4. The lowest BCUT2D eigenvalue weighted by molar-refractivity contribution is -0.123. The van der Waals surface area contributed by atoms with Crippen LogP contribution < -0.4 is 11.1 Å². The van der Waals surface area contributed by atoms with E-state index in [9.17, 15) is 13.6 Å². The van der Waals surface area contributed by atoms with Gasteiger partial charge in [0.1, 0.15) is 11.6 Å². The van der Waals surface area contributed by atoms with Crippen molar-refractivity contribution >= 4 is 30.7 Å². The summed E-state index contributed by atoms with van der Waals surface area (Å²) in [5, 5.41) is 2.97. The smallest absolute Gasteiger partial charge is 0.220 e. The lowest BCUT2D eigenvalue weighted by Crippen LogP contribution is -2.52. The van der Waals surface area contributed by atoms with E-state index in [-0.39, 0.29) is 54.9 Å². The van der Waals surface area contributed by atoms with E-state index in [1.807, 2.05) is 13.8 Å². The first-order valence-electron chi connectivity index (χ1n) is 8.34. The van der Waals surface area contributed by atoms with Gasteiger partial charge in [0, 0.05) is 25.5 Å². The summed E-state index contributed by atoms with van der Waals surface area (Å²) in [5.41, 5.74) is 5.50. The second-order valence-corrected chi connectivity index (χ2v) is 5.98. The Kier molecular flexibility index (Phi) is 10.5. The van der Waals surface area contributed by atoms with E-state index in [0.717, 1.165) is 25.0 Å². The van der Waals surface area contributed by atoms with E-state index < -0.39 is 17.2 Å². The van der Waals surface area contributed by atoms with Gasteiger partial charge in [0.15, 0.2) is 11.7 Å². The first-order chi connectivity index (χ1) is 11.9. The van der Waals surface area contributed by atoms with Gasteiger partial charge in [-0.25, -0.2) is 13.8 Å². The van der Waals surface area contributed by atoms with Crippen molar-refractivity contribution in [3.63, 3.8) is 0 Å². The van der Waals surface area contributed by atoms with E-state index in [4.69, 9.17) is 10.2 Å². The Morgan fingerprint density at radius 2 is 1.93 bits per heavy atom. The van der Waals surface area contributed by atoms with E-state index in [1.54, 1.807) is 0 Å². The number of amides is 1. The molecule has 0 aliphatic carbocycles. The molecule has 0 unspecified atom stereocenters. The summed E-state index contributed by atoms with van der Waals surface area (Å²) >= 11 is 0. The number of nitrogens with one attached hydrogen (secondary N) is 1. The van der Waals surface area contributed by atoms with Gasteiger partial charge in [0.05, 0.1) is 17.3 Å². The number of halogens is 4. The fourth-order valence-corrected chi connectivity index (χ4v) is 2.58. The summed E-state index contributed by atoms with van der Waals surface area (Å²) in [6.45, 7) is 4.33. The van der Waals surface area contributed by atoms with Gasteiger partial charge in [0.2, 0.25) is 5.91 Å². The van der Waals surface area contributed by atoms with Crippen LogP contribution >= 0.6 is 24.8 Å². The van der Waals surface area contributed by atoms with Gasteiger partial charge >= 0.3 is 0 Å². The molecule has 9 heteroatoms. The highest BCUT2D eigenvalue weighted by Gasteiger charge is 2.26. The first-order valence-corrected chi connectivity index (χ1v) is 8.34.